The van der Waals surface area contributed by atoms with E-state index in [0.717, 1.165) is 17.8 Å². The topological polar surface area (TPSA) is 3.24 Å². The molecule has 0 aromatic heterocycles. The molecular formula is C12H22ClN. The molecule has 1 heterocycles. The minimum Gasteiger partial charge on any atom is -0.300 e. The molecule has 2 atom stereocenters. The maximum absolute atomic E-state index is 5.95. The van der Waals surface area contributed by atoms with Gasteiger partial charge in [0.05, 0.1) is 0 Å². The predicted octanol–water partition coefficient (Wildman–Crippen LogP) is 3.13. The molecule has 2 aliphatic rings. The molecule has 2 heteroatoms. The van der Waals surface area contributed by atoms with Crippen LogP contribution in [0.25, 0.3) is 0 Å². The molecule has 0 aromatic rings. The molecule has 1 saturated heterocycles. The Hall–Kier alpha value is 0.250. The van der Waals surface area contributed by atoms with Crippen LogP contribution >= 0.6 is 11.6 Å². The molecular weight excluding hydrogens is 194 g/mol. The molecule has 1 spiro atoms. The molecule has 0 radical (unpaired) electrons. The molecule has 1 saturated carbocycles. The number of halogens is 1. The van der Waals surface area contributed by atoms with E-state index in [0.29, 0.717) is 5.41 Å². The zero-order valence-electron chi connectivity index (χ0n) is 9.43. The summed E-state index contributed by atoms with van der Waals surface area (Å²) in [6.07, 6.45) is 5.60. The minimum atomic E-state index is 0.657. The molecule has 82 valence electrons. The summed E-state index contributed by atoms with van der Waals surface area (Å²) in [7, 11) is 0. The SMILES string of the molecule is CC(C)N1CC[C@]2(CC[C@H](CCl)C2)C1. The van der Waals surface area contributed by atoms with Gasteiger partial charge in [-0.25, -0.2) is 0 Å². The fraction of sp³-hybridized carbons (Fsp3) is 1.00. The second kappa shape index (κ2) is 4.02. The first-order valence-corrected chi connectivity index (χ1v) is 6.49. The summed E-state index contributed by atoms with van der Waals surface area (Å²) in [5.41, 5.74) is 0.657. The molecule has 1 nitrogen and oxygen atoms in total. The van der Waals surface area contributed by atoms with Gasteiger partial charge in [0.15, 0.2) is 0 Å². The van der Waals surface area contributed by atoms with E-state index in [1.165, 1.54) is 38.8 Å². The van der Waals surface area contributed by atoms with Crippen molar-refractivity contribution in [2.24, 2.45) is 11.3 Å². The van der Waals surface area contributed by atoms with Crippen LogP contribution in [0.5, 0.6) is 0 Å². The Morgan fingerprint density at radius 2 is 2.21 bits per heavy atom. The van der Waals surface area contributed by atoms with Crippen LogP contribution in [0.3, 0.4) is 0 Å². The largest absolute Gasteiger partial charge is 0.300 e. The molecule has 0 bridgehead atoms. The van der Waals surface area contributed by atoms with Crippen LogP contribution in [0, 0.1) is 11.3 Å². The Bertz CT molecular complexity index is 204. The Morgan fingerprint density at radius 3 is 2.71 bits per heavy atom. The van der Waals surface area contributed by atoms with Crippen molar-refractivity contribution in [1.82, 2.24) is 4.90 Å². The fourth-order valence-corrected chi connectivity index (χ4v) is 3.50. The summed E-state index contributed by atoms with van der Waals surface area (Å²) in [5.74, 6) is 1.69. The van der Waals surface area contributed by atoms with Crippen molar-refractivity contribution >= 4 is 11.6 Å². The van der Waals surface area contributed by atoms with E-state index < -0.39 is 0 Å². The first kappa shape index (κ1) is 10.8. The smallest absolute Gasteiger partial charge is 0.0251 e. The molecule has 14 heavy (non-hydrogen) atoms. The quantitative estimate of drug-likeness (QED) is 0.640. The maximum atomic E-state index is 5.95. The summed E-state index contributed by atoms with van der Waals surface area (Å²) < 4.78 is 0. The van der Waals surface area contributed by atoms with Crippen molar-refractivity contribution in [3.63, 3.8) is 0 Å². The average molecular weight is 216 g/mol. The second-order valence-electron chi connectivity index (χ2n) is 5.58. The molecule has 0 N–H and O–H groups in total. The maximum Gasteiger partial charge on any atom is 0.0251 e. The van der Waals surface area contributed by atoms with Crippen molar-refractivity contribution in [1.29, 1.82) is 0 Å². The highest BCUT2D eigenvalue weighted by molar-refractivity contribution is 6.18. The van der Waals surface area contributed by atoms with Gasteiger partial charge < -0.3 is 4.90 Å². The summed E-state index contributed by atoms with van der Waals surface area (Å²) in [6, 6.07) is 0.726. The highest BCUT2D eigenvalue weighted by Crippen LogP contribution is 2.48. The van der Waals surface area contributed by atoms with Gasteiger partial charge in [-0.2, -0.15) is 0 Å². The number of hydrogen-bond acceptors (Lipinski definition) is 1. The first-order valence-electron chi connectivity index (χ1n) is 5.95. The third-order valence-corrected chi connectivity index (χ3v) is 4.66. The van der Waals surface area contributed by atoms with E-state index in [4.69, 9.17) is 11.6 Å². The summed E-state index contributed by atoms with van der Waals surface area (Å²) >= 11 is 5.95. The summed E-state index contributed by atoms with van der Waals surface area (Å²) in [6.45, 7) is 7.27. The van der Waals surface area contributed by atoms with Gasteiger partial charge in [-0.3, -0.25) is 0 Å². The van der Waals surface area contributed by atoms with E-state index in [2.05, 4.69) is 18.7 Å². The molecule has 2 fully saturated rings. The van der Waals surface area contributed by atoms with Crippen molar-refractivity contribution in [2.75, 3.05) is 19.0 Å². The molecule has 0 unspecified atom stereocenters. The van der Waals surface area contributed by atoms with E-state index >= 15 is 0 Å². The van der Waals surface area contributed by atoms with Crippen LogP contribution in [-0.4, -0.2) is 29.9 Å². The molecule has 1 aliphatic heterocycles. The molecule has 0 amide bonds. The van der Waals surface area contributed by atoms with Gasteiger partial charge in [0.2, 0.25) is 0 Å². The standard InChI is InChI=1S/C12H22ClN/c1-10(2)14-6-5-12(9-14)4-3-11(7-12)8-13/h10-11H,3-9H2,1-2H3/t11-,12-/m0/s1. The van der Waals surface area contributed by atoms with Gasteiger partial charge >= 0.3 is 0 Å². The van der Waals surface area contributed by atoms with Crippen molar-refractivity contribution in [3.05, 3.63) is 0 Å². The Morgan fingerprint density at radius 1 is 1.43 bits per heavy atom. The highest BCUT2D eigenvalue weighted by Gasteiger charge is 2.43. The van der Waals surface area contributed by atoms with Gasteiger partial charge in [-0.1, -0.05) is 0 Å². The van der Waals surface area contributed by atoms with Crippen molar-refractivity contribution in [3.8, 4) is 0 Å². The zero-order valence-corrected chi connectivity index (χ0v) is 10.2. The highest BCUT2D eigenvalue weighted by atomic mass is 35.5. The fourth-order valence-electron chi connectivity index (χ4n) is 3.24. The minimum absolute atomic E-state index is 0.657. The second-order valence-corrected chi connectivity index (χ2v) is 5.89. The van der Waals surface area contributed by atoms with Gasteiger partial charge in [-0.05, 0) is 57.4 Å². The lowest BCUT2D eigenvalue weighted by Crippen LogP contribution is -2.31. The number of alkyl halides is 1. The lowest BCUT2D eigenvalue weighted by atomic mass is 9.85. The Kier molecular flexibility index (Phi) is 3.09. The van der Waals surface area contributed by atoms with Crippen LogP contribution in [0.1, 0.15) is 39.5 Å². The monoisotopic (exact) mass is 215 g/mol. The van der Waals surface area contributed by atoms with E-state index in [1.54, 1.807) is 0 Å². The van der Waals surface area contributed by atoms with E-state index in [9.17, 15) is 0 Å². The van der Waals surface area contributed by atoms with Gasteiger partial charge in [0, 0.05) is 18.5 Å². The normalized spacial score (nSPS) is 39.0. The van der Waals surface area contributed by atoms with E-state index in [-0.39, 0.29) is 0 Å². The third kappa shape index (κ3) is 1.94. The summed E-state index contributed by atoms with van der Waals surface area (Å²) in [4.78, 5) is 2.64. The number of likely N-dealkylation sites (tertiary alicyclic amines) is 1. The average Bonchev–Trinajstić information content (AvgIpc) is 2.74. The zero-order chi connectivity index (χ0) is 10.2. The molecule has 0 aromatic carbocycles. The van der Waals surface area contributed by atoms with Crippen LogP contribution in [-0.2, 0) is 0 Å². The third-order valence-electron chi connectivity index (χ3n) is 4.22. The van der Waals surface area contributed by atoms with E-state index in [1.807, 2.05) is 0 Å². The lowest BCUT2D eigenvalue weighted by molar-refractivity contribution is 0.222. The van der Waals surface area contributed by atoms with Crippen molar-refractivity contribution in [2.45, 2.75) is 45.6 Å². The molecule has 2 rings (SSSR count). The van der Waals surface area contributed by atoms with Crippen LogP contribution in [0.4, 0.5) is 0 Å². The van der Waals surface area contributed by atoms with Crippen LogP contribution in [0.2, 0.25) is 0 Å². The van der Waals surface area contributed by atoms with Crippen molar-refractivity contribution < 1.29 is 0 Å². The Balaban J connectivity index is 1.94. The van der Waals surface area contributed by atoms with Gasteiger partial charge in [0.25, 0.3) is 0 Å². The number of rotatable bonds is 2. The van der Waals surface area contributed by atoms with Gasteiger partial charge in [-0.15, -0.1) is 11.6 Å². The number of nitrogens with zero attached hydrogens (tertiary/aromatic N) is 1. The Labute approximate surface area is 92.8 Å². The summed E-state index contributed by atoms with van der Waals surface area (Å²) in [5, 5.41) is 0. The first-order chi connectivity index (χ1) is 6.65. The lowest BCUT2D eigenvalue weighted by Gasteiger charge is -2.26. The van der Waals surface area contributed by atoms with Crippen LogP contribution in [0.15, 0.2) is 0 Å². The molecule has 1 aliphatic carbocycles. The van der Waals surface area contributed by atoms with Crippen LogP contribution < -0.4 is 0 Å². The predicted molar refractivity (Wildman–Crippen MR) is 61.8 cm³/mol. The number of hydrogen-bond donors (Lipinski definition) is 0. The van der Waals surface area contributed by atoms with Gasteiger partial charge in [0.1, 0.15) is 0 Å².